The number of nitrogens with two attached hydrogens (primary N) is 1. The number of hydrogen-bond donors (Lipinski definition) is 2. The van der Waals surface area contributed by atoms with Crippen LogP contribution in [-0.4, -0.2) is 18.8 Å². The van der Waals surface area contributed by atoms with Gasteiger partial charge in [-0.15, -0.1) is 0 Å². The summed E-state index contributed by atoms with van der Waals surface area (Å²) in [5, 5.41) is 3.63. The smallest absolute Gasteiger partial charge is 0.0655 e. The zero-order valence-corrected chi connectivity index (χ0v) is 12.5. The second kappa shape index (κ2) is 5.51. The van der Waals surface area contributed by atoms with E-state index in [0.717, 1.165) is 30.8 Å². The lowest BCUT2D eigenvalue weighted by atomic mass is 9.64. The maximum absolute atomic E-state index is 5.94. The average molecular weight is 262 g/mol. The molecular weight excluding hydrogens is 236 g/mol. The molecule has 0 heterocycles. The van der Waals surface area contributed by atoms with Crippen molar-refractivity contribution in [3.63, 3.8) is 0 Å². The maximum Gasteiger partial charge on any atom is 0.0655 e. The highest BCUT2D eigenvalue weighted by atomic mass is 16.5. The van der Waals surface area contributed by atoms with Gasteiger partial charge < -0.3 is 15.8 Å². The third kappa shape index (κ3) is 2.93. The number of benzene rings is 1. The lowest BCUT2D eigenvalue weighted by molar-refractivity contribution is -0.114. The van der Waals surface area contributed by atoms with Crippen molar-refractivity contribution in [1.29, 1.82) is 0 Å². The van der Waals surface area contributed by atoms with Crippen molar-refractivity contribution < 1.29 is 4.74 Å². The number of nitrogen functional groups attached to an aromatic ring is 1. The van der Waals surface area contributed by atoms with Crippen LogP contribution < -0.4 is 11.1 Å². The Labute approximate surface area is 116 Å². The zero-order chi connectivity index (χ0) is 14.0. The van der Waals surface area contributed by atoms with E-state index in [-0.39, 0.29) is 5.41 Å². The Morgan fingerprint density at radius 2 is 2.16 bits per heavy atom. The first-order chi connectivity index (χ1) is 8.95. The van der Waals surface area contributed by atoms with E-state index in [2.05, 4.69) is 44.3 Å². The Morgan fingerprint density at radius 3 is 2.74 bits per heavy atom. The molecule has 2 unspecified atom stereocenters. The third-order valence-corrected chi connectivity index (χ3v) is 4.44. The molecule has 0 amide bonds. The van der Waals surface area contributed by atoms with Crippen LogP contribution in [0.25, 0.3) is 0 Å². The summed E-state index contributed by atoms with van der Waals surface area (Å²) in [5.74, 6) is 0. The maximum atomic E-state index is 5.94. The van der Waals surface area contributed by atoms with Crippen molar-refractivity contribution in [2.75, 3.05) is 12.3 Å². The number of ether oxygens (including phenoxy) is 1. The van der Waals surface area contributed by atoms with Gasteiger partial charge in [0.25, 0.3) is 0 Å². The molecule has 1 aromatic carbocycles. The quantitative estimate of drug-likeness (QED) is 0.802. The van der Waals surface area contributed by atoms with Gasteiger partial charge in [-0.05, 0) is 37.5 Å². The van der Waals surface area contributed by atoms with E-state index in [1.165, 1.54) is 5.56 Å². The summed E-state index contributed by atoms with van der Waals surface area (Å²) in [5.41, 5.74) is 9.42. The highest BCUT2D eigenvalue weighted by molar-refractivity contribution is 5.48. The molecule has 1 aromatic rings. The molecule has 1 fully saturated rings. The second-order valence-corrected chi connectivity index (χ2v) is 6.13. The molecule has 106 valence electrons. The van der Waals surface area contributed by atoms with Gasteiger partial charge in [-0.2, -0.15) is 0 Å². The lowest BCUT2D eigenvalue weighted by Gasteiger charge is -2.52. The van der Waals surface area contributed by atoms with Crippen LogP contribution in [0, 0.1) is 12.3 Å². The Bertz CT molecular complexity index is 442. The summed E-state index contributed by atoms with van der Waals surface area (Å²) in [6.45, 7) is 10.3. The second-order valence-electron chi connectivity index (χ2n) is 6.13. The Morgan fingerprint density at radius 1 is 1.42 bits per heavy atom. The van der Waals surface area contributed by atoms with Crippen LogP contribution in [-0.2, 0) is 11.3 Å². The van der Waals surface area contributed by atoms with Crippen LogP contribution in [0.4, 0.5) is 5.69 Å². The topological polar surface area (TPSA) is 47.3 Å². The standard InChI is InChI=1S/C16H26N2O/c1-5-19-15-9-14(16(15,3)4)18-10-12-7-6-11(2)13(17)8-12/h6-8,14-15,18H,5,9-10,17H2,1-4H3. The Kier molecular flexibility index (Phi) is 4.16. The van der Waals surface area contributed by atoms with Gasteiger partial charge in [0.05, 0.1) is 6.10 Å². The van der Waals surface area contributed by atoms with Gasteiger partial charge in [0.2, 0.25) is 0 Å². The fourth-order valence-corrected chi connectivity index (χ4v) is 2.76. The van der Waals surface area contributed by atoms with Crippen LogP contribution in [0.5, 0.6) is 0 Å². The number of hydrogen-bond acceptors (Lipinski definition) is 3. The Hall–Kier alpha value is -1.06. The largest absolute Gasteiger partial charge is 0.399 e. The van der Waals surface area contributed by atoms with Crippen LogP contribution >= 0.6 is 0 Å². The van der Waals surface area contributed by atoms with Crippen LogP contribution in [0.15, 0.2) is 18.2 Å². The Balaban J connectivity index is 1.88. The summed E-state index contributed by atoms with van der Waals surface area (Å²) in [6.07, 6.45) is 1.49. The molecule has 2 rings (SSSR count). The molecule has 1 aliphatic rings. The molecule has 0 saturated heterocycles. The molecule has 3 heteroatoms. The van der Waals surface area contributed by atoms with Crippen molar-refractivity contribution in [3.8, 4) is 0 Å². The van der Waals surface area contributed by atoms with Crippen molar-refractivity contribution in [2.45, 2.75) is 52.8 Å². The van der Waals surface area contributed by atoms with E-state index in [9.17, 15) is 0 Å². The molecule has 1 aliphatic carbocycles. The number of aryl methyl sites for hydroxylation is 1. The summed E-state index contributed by atoms with van der Waals surface area (Å²) in [6, 6.07) is 6.81. The average Bonchev–Trinajstić information content (AvgIpc) is 2.37. The SMILES string of the molecule is CCOC1CC(NCc2ccc(C)c(N)c2)C1(C)C. The van der Waals surface area contributed by atoms with Gasteiger partial charge in [-0.1, -0.05) is 26.0 Å². The molecule has 0 radical (unpaired) electrons. The highest BCUT2D eigenvalue weighted by Gasteiger charge is 2.48. The third-order valence-electron chi connectivity index (χ3n) is 4.44. The van der Waals surface area contributed by atoms with E-state index < -0.39 is 0 Å². The van der Waals surface area contributed by atoms with Gasteiger partial charge in [-0.3, -0.25) is 0 Å². The van der Waals surface area contributed by atoms with Crippen LogP contribution in [0.1, 0.15) is 38.3 Å². The van der Waals surface area contributed by atoms with Gasteiger partial charge in [0, 0.05) is 30.3 Å². The first kappa shape index (κ1) is 14.4. The normalized spacial score (nSPS) is 25.1. The minimum absolute atomic E-state index is 0.215. The number of anilines is 1. The van der Waals surface area contributed by atoms with Crippen LogP contribution in [0.3, 0.4) is 0 Å². The number of rotatable bonds is 5. The lowest BCUT2D eigenvalue weighted by Crippen LogP contribution is -2.60. The van der Waals surface area contributed by atoms with Crippen molar-refractivity contribution in [2.24, 2.45) is 5.41 Å². The molecule has 0 spiro atoms. The van der Waals surface area contributed by atoms with Gasteiger partial charge in [0.15, 0.2) is 0 Å². The van der Waals surface area contributed by atoms with E-state index in [4.69, 9.17) is 10.5 Å². The van der Waals surface area contributed by atoms with E-state index in [0.29, 0.717) is 12.1 Å². The van der Waals surface area contributed by atoms with E-state index >= 15 is 0 Å². The van der Waals surface area contributed by atoms with Crippen molar-refractivity contribution in [3.05, 3.63) is 29.3 Å². The molecular formula is C16H26N2O. The zero-order valence-electron chi connectivity index (χ0n) is 12.5. The molecule has 3 nitrogen and oxygen atoms in total. The fraction of sp³-hybridized carbons (Fsp3) is 0.625. The first-order valence-corrected chi connectivity index (χ1v) is 7.15. The summed E-state index contributed by atoms with van der Waals surface area (Å²) in [7, 11) is 0. The van der Waals surface area contributed by atoms with Gasteiger partial charge in [-0.25, -0.2) is 0 Å². The highest BCUT2D eigenvalue weighted by Crippen LogP contribution is 2.42. The van der Waals surface area contributed by atoms with Gasteiger partial charge in [0.1, 0.15) is 0 Å². The van der Waals surface area contributed by atoms with Crippen molar-refractivity contribution in [1.82, 2.24) is 5.32 Å². The van der Waals surface area contributed by atoms with E-state index in [1.807, 2.05) is 6.92 Å². The predicted molar refractivity (Wildman–Crippen MR) is 80.0 cm³/mol. The monoisotopic (exact) mass is 262 g/mol. The molecule has 0 bridgehead atoms. The number of nitrogens with one attached hydrogen (secondary N) is 1. The van der Waals surface area contributed by atoms with Gasteiger partial charge >= 0.3 is 0 Å². The molecule has 0 aliphatic heterocycles. The van der Waals surface area contributed by atoms with Crippen molar-refractivity contribution >= 4 is 5.69 Å². The molecule has 3 N–H and O–H groups in total. The summed E-state index contributed by atoms with van der Waals surface area (Å²) in [4.78, 5) is 0. The van der Waals surface area contributed by atoms with E-state index in [1.54, 1.807) is 0 Å². The van der Waals surface area contributed by atoms with Crippen LogP contribution in [0.2, 0.25) is 0 Å². The molecule has 2 atom stereocenters. The first-order valence-electron chi connectivity index (χ1n) is 7.15. The predicted octanol–water partition coefficient (Wildman–Crippen LogP) is 2.87. The molecule has 1 saturated carbocycles. The minimum Gasteiger partial charge on any atom is -0.399 e. The minimum atomic E-state index is 0.215. The fourth-order valence-electron chi connectivity index (χ4n) is 2.76. The summed E-state index contributed by atoms with van der Waals surface area (Å²) >= 11 is 0. The molecule has 0 aromatic heterocycles. The summed E-state index contributed by atoms with van der Waals surface area (Å²) < 4.78 is 5.75. The molecule has 19 heavy (non-hydrogen) atoms.